The van der Waals surface area contributed by atoms with Gasteiger partial charge in [0.25, 0.3) is 0 Å². The fourth-order valence-corrected chi connectivity index (χ4v) is 8.04. The molecule has 0 aromatic heterocycles. The zero-order chi connectivity index (χ0) is 32.9. The first kappa shape index (κ1) is 29.6. The Hall–Kier alpha value is -5.54. The molecule has 3 unspecified atom stereocenters. The largest absolute Gasteiger partial charge is 0.485 e. The first-order valence-electron chi connectivity index (χ1n) is 17.6. The van der Waals surface area contributed by atoms with E-state index in [0.717, 1.165) is 42.1 Å². The summed E-state index contributed by atoms with van der Waals surface area (Å²) >= 11 is 0. The molecule has 3 nitrogen and oxygen atoms in total. The molecule has 0 saturated carbocycles. The third-order valence-electron chi connectivity index (χ3n) is 10.4. The first-order chi connectivity index (χ1) is 24.1. The van der Waals surface area contributed by atoms with Crippen molar-refractivity contribution in [1.29, 1.82) is 0 Å². The summed E-state index contributed by atoms with van der Waals surface area (Å²) in [5, 5.41) is 2.45. The van der Waals surface area contributed by atoms with E-state index in [1.165, 1.54) is 50.1 Å². The molecule has 240 valence electrons. The van der Waals surface area contributed by atoms with Crippen molar-refractivity contribution in [2.45, 2.75) is 45.1 Å². The van der Waals surface area contributed by atoms with Crippen molar-refractivity contribution in [3.8, 4) is 5.75 Å². The van der Waals surface area contributed by atoms with Gasteiger partial charge in [-0.15, -0.1) is 0 Å². The Kier molecular flexibility index (Phi) is 7.35. The highest BCUT2D eigenvalue weighted by atomic mass is 16.5. The molecule has 0 amide bonds. The smallest absolute Gasteiger partial charge is 0.124 e. The van der Waals surface area contributed by atoms with E-state index in [-0.39, 0.29) is 6.10 Å². The number of hydrogen-bond acceptors (Lipinski definition) is 3. The van der Waals surface area contributed by atoms with Crippen molar-refractivity contribution in [3.05, 3.63) is 185 Å². The highest BCUT2D eigenvalue weighted by molar-refractivity contribution is 5.91. The van der Waals surface area contributed by atoms with Crippen molar-refractivity contribution in [2.75, 3.05) is 9.80 Å². The number of rotatable bonds is 6. The SMILES string of the molecule is Cc1cccc(N(C2=CCCC=C2)C2=CC3=CC4Oc5cc6cc(N(c7ccccc7)c7cccc(C)c7)ccc6cc5C4CC3C=C2)c1. The Balaban J connectivity index is 1.05. The Morgan fingerprint density at radius 3 is 2.14 bits per heavy atom. The van der Waals surface area contributed by atoms with Crippen molar-refractivity contribution < 1.29 is 4.74 Å². The van der Waals surface area contributed by atoms with E-state index in [9.17, 15) is 0 Å². The summed E-state index contributed by atoms with van der Waals surface area (Å²) in [6, 6.07) is 39.6. The fourth-order valence-electron chi connectivity index (χ4n) is 8.04. The second-order valence-electron chi connectivity index (χ2n) is 13.8. The predicted molar refractivity (Wildman–Crippen MR) is 204 cm³/mol. The third-order valence-corrected chi connectivity index (χ3v) is 10.4. The minimum atomic E-state index is 0.0378. The lowest BCUT2D eigenvalue weighted by Gasteiger charge is -2.34. The normalized spacial score (nSPS) is 20.4. The van der Waals surface area contributed by atoms with Gasteiger partial charge in [0.2, 0.25) is 0 Å². The molecule has 3 heteroatoms. The van der Waals surface area contributed by atoms with Crippen LogP contribution in [0, 0.1) is 19.8 Å². The molecule has 4 aliphatic rings. The number of allylic oxidation sites excluding steroid dienone is 7. The second-order valence-corrected chi connectivity index (χ2v) is 13.8. The van der Waals surface area contributed by atoms with Crippen LogP contribution in [0.25, 0.3) is 10.8 Å². The van der Waals surface area contributed by atoms with Gasteiger partial charge in [0, 0.05) is 51.5 Å². The molecule has 5 aromatic carbocycles. The van der Waals surface area contributed by atoms with Gasteiger partial charge in [0.15, 0.2) is 0 Å². The van der Waals surface area contributed by atoms with Gasteiger partial charge in [0.1, 0.15) is 11.9 Å². The van der Waals surface area contributed by atoms with E-state index in [0.29, 0.717) is 11.8 Å². The van der Waals surface area contributed by atoms with Gasteiger partial charge in [-0.3, -0.25) is 0 Å². The quantitative estimate of drug-likeness (QED) is 0.184. The molecular weight excluding hydrogens is 597 g/mol. The molecule has 5 aromatic rings. The molecule has 0 bridgehead atoms. The molecule has 0 spiro atoms. The molecule has 49 heavy (non-hydrogen) atoms. The standard InChI is InChI=1S/C46H40N2O/c1-31-11-9-17-39(23-31)47(37-13-5-3-6-14-37)41-21-19-33-27-43-44-28-34-20-22-42(26-36(34)30-46(44)49-45(43)29-35(33)25-41)48(38-15-7-4-8-16-38)40-18-10-12-32(2)24-40/h3,5-7,9-27,29-30,34,44,46H,4,8,28H2,1-2H3. The van der Waals surface area contributed by atoms with Crippen molar-refractivity contribution in [3.63, 3.8) is 0 Å². The number of nitrogens with zero attached hydrogens (tertiary/aromatic N) is 2. The van der Waals surface area contributed by atoms with E-state index in [2.05, 4.69) is 175 Å². The van der Waals surface area contributed by atoms with Crippen LogP contribution < -0.4 is 14.5 Å². The average Bonchev–Trinajstić information content (AvgIpc) is 3.46. The maximum Gasteiger partial charge on any atom is 0.124 e. The van der Waals surface area contributed by atoms with E-state index in [1.54, 1.807) is 0 Å². The molecule has 9 rings (SSSR count). The first-order valence-corrected chi connectivity index (χ1v) is 17.6. The summed E-state index contributed by atoms with van der Waals surface area (Å²) in [5.74, 6) is 1.74. The second kappa shape index (κ2) is 12.2. The van der Waals surface area contributed by atoms with E-state index in [4.69, 9.17) is 4.74 Å². The van der Waals surface area contributed by atoms with Crippen LogP contribution in [-0.2, 0) is 0 Å². The molecule has 3 aliphatic carbocycles. The summed E-state index contributed by atoms with van der Waals surface area (Å²) in [6.45, 7) is 4.32. The zero-order valence-corrected chi connectivity index (χ0v) is 28.1. The third kappa shape index (κ3) is 5.50. The van der Waals surface area contributed by atoms with Crippen LogP contribution in [0.15, 0.2) is 169 Å². The van der Waals surface area contributed by atoms with Crippen LogP contribution in [0.2, 0.25) is 0 Å². The van der Waals surface area contributed by atoms with E-state index < -0.39 is 0 Å². The lowest BCUT2D eigenvalue weighted by atomic mass is 9.75. The van der Waals surface area contributed by atoms with E-state index >= 15 is 0 Å². The Morgan fingerprint density at radius 1 is 0.633 bits per heavy atom. The highest BCUT2D eigenvalue weighted by Gasteiger charge is 2.39. The van der Waals surface area contributed by atoms with Gasteiger partial charge in [-0.25, -0.2) is 0 Å². The number of para-hydroxylation sites is 1. The lowest BCUT2D eigenvalue weighted by molar-refractivity contribution is 0.235. The number of anilines is 4. The number of benzene rings is 5. The average molecular weight is 637 g/mol. The fraction of sp³-hybridized carbons (Fsp3) is 0.174. The molecule has 0 fully saturated rings. The van der Waals surface area contributed by atoms with Gasteiger partial charge in [0.05, 0.1) is 0 Å². The summed E-state index contributed by atoms with van der Waals surface area (Å²) in [7, 11) is 0. The number of hydrogen-bond donors (Lipinski definition) is 0. The Labute approximate surface area is 289 Å². The van der Waals surface area contributed by atoms with Gasteiger partial charge >= 0.3 is 0 Å². The monoisotopic (exact) mass is 636 g/mol. The molecule has 0 N–H and O–H groups in total. The summed E-state index contributed by atoms with van der Waals surface area (Å²) in [6.07, 6.45) is 19.7. The molecule has 0 radical (unpaired) electrons. The maximum absolute atomic E-state index is 6.79. The predicted octanol–water partition coefficient (Wildman–Crippen LogP) is 11.9. The number of ether oxygens (including phenoxy) is 1. The van der Waals surface area contributed by atoms with Gasteiger partial charge < -0.3 is 14.5 Å². The van der Waals surface area contributed by atoms with Crippen LogP contribution in [0.3, 0.4) is 0 Å². The zero-order valence-electron chi connectivity index (χ0n) is 28.1. The number of aryl methyl sites for hydroxylation is 2. The Morgan fingerprint density at radius 2 is 1.39 bits per heavy atom. The van der Waals surface area contributed by atoms with Crippen LogP contribution >= 0.6 is 0 Å². The highest BCUT2D eigenvalue weighted by Crippen LogP contribution is 2.50. The molecule has 3 atom stereocenters. The number of fused-ring (bicyclic) bond motifs is 5. The van der Waals surface area contributed by atoms with Gasteiger partial charge in [-0.05, 0) is 146 Å². The Bertz CT molecular complexity index is 2240. The lowest BCUT2D eigenvalue weighted by Crippen LogP contribution is -2.28. The molecule has 1 heterocycles. The minimum absolute atomic E-state index is 0.0378. The van der Waals surface area contributed by atoms with Crippen molar-refractivity contribution in [1.82, 2.24) is 0 Å². The topological polar surface area (TPSA) is 15.7 Å². The molecular formula is C46H40N2O. The summed E-state index contributed by atoms with van der Waals surface area (Å²) < 4.78 is 6.79. The minimum Gasteiger partial charge on any atom is -0.485 e. The van der Waals surface area contributed by atoms with Crippen molar-refractivity contribution >= 4 is 33.5 Å². The van der Waals surface area contributed by atoms with E-state index in [1.807, 2.05) is 0 Å². The van der Waals surface area contributed by atoms with Gasteiger partial charge in [-0.2, -0.15) is 0 Å². The maximum atomic E-state index is 6.79. The van der Waals surface area contributed by atoms with Crippen LogP contribution in [0.1, 0.15) is 41.9 Å². The van der Waals surface area contributed by atoms with Gasteiger partial charge in [-0.1, -0.05) is 66.8 Å². The summed E-state index contributed by atoms with van der Waals surface area (Å²) in [5.41, 5.74) is 12.3. The summed E-state index contributed by atoms with van der Waals surface area (Å²) in [4.78, 5) is 4.75. The van der Waals surface area contributed by atoms with Crippen LogP contribution in [0.4, 0.5) is 22.7 Å². The molecule has 0 saturated heterocycles. The van der Waals surface area contributed by atoms with Crippen LogP contribution in [0.5, 0.6) is 5.75 Å². The van der Waals surface area contributed by atoms with Crippen LogP contribution in [-0.4, -0.2) is 6.10 Å². The van der Waals surface area contributed by atoms with Crippen molar-refractivity contribution in [2.24, 2.45) is 5.92 Å². The molecule has 1 aliphatic heterocycles.